The third-order valence-electron chi connectivity index (χ3n) is 6.55. The van der Waals surface area contributed by atoms with Crippen LogP contribution in [-0.2, 0) is 6.54 Å². The first kappa shape index (κ1) is 21.1. The first-order chi connectivity index (χ1) is 16.0. The smallest absolute Gasteiger partial charge is 0.272 e. The quantitative estimate of drug-likeness (QED) is 0.617. The van der Waals surface area contributed by atoms with Crippen LogP contribution < -0.4 is 9.47 Å². The van der Waals surface area contributed by atoms with Crippen molar-refractivity contribution in [2.24, 2.45) is 0 Å². The molecular weight excluding hydrogens is 416 g/mol. The van der Waals surface area contributed by atoms with Gasteiger partial charge in [-0.15, -0.1) is 0 Å². The molecule has 1 amide bonds. The van der Waals surface area contributed by atoms with E-state index in [4.69, 9.17) is 9.47 Å². The molecule has 0 atom stereocenters. The first-order valence-electron chi connectivity index (χ1n) is 11.1. The number of carbonyl (C=O) groups is 1. The Kier molecular flexibility index (Phi) is 5.53. The SMILES string of the molecule is Cc1cccc(-n2ccc(C#N)c2C(=O)N2CCN(Cc3ccc4c(c3)OCO4)CC2)c1C. The topological polar surface area (TPSA) is 70.7 Å². The predicted molar refractivity (Wildman–Crippen MR) is 124 cm³/mol. The molecule has 0 bridgehead atoms. The molecule has 2 aliphatic rings. The molecule has 1 saturated heterocycles. The van der Waals surface area contributed by atoms with Crippen molar-refractivity contribution < 1.29 is 14.3 Å². The van der Waals surface area contributed by atoms with Crippen LogP contribution in [0.25, 0.3) is 5.69 Å². The Morgan fingerprint density at radius 2 is 1.82 bits per heavy atom. The molecule has 7 nitrogen and oxygen atoms in total. The van der Waals surface area contributed by atoms with Crippen LogP contribution >= 0.6 is 0 Å². The highest BCUT2D eigenvalue weighted by molar-refractivity contribution is 5.96. The second-order valence-corrected chi connectivity index (χ2v) is 8.53. The van der Waals surface area contributed by atoms with E-state index in [1.165, 1.54) is 0 Å². The molecule has 2 aliphatic heterocycles. The summed E-state index contributed by atoms with van der Waals surface area (Å²) < 4.78 is 12.7. The number of hydrogen-bond donors (Lipinski definition) is 0. The molecule has 1 aromatic heterocycles. The Balaban J connectivity index is 1.31. The summed E-state index contributed by atoms with van der Waals surface area (Å²) >= 11 is 0. The lowest BCUT2D eigenvalue weighted by atomic mass is 10.1. The first-order valence-corrected chi connectivity index (χ1v) is 11.1. The number of fused-ring (bicyclic) bond motifs is 1. The number of piperazine rings is 1. The minimum absolute atomic E-state index is 0.0971. The lowest BCUT2D eigenvalue weighted by Gasteiger charge is -2.35. The van der Waals surface area contributed by atoms with E-state index >= 15 is 0 Å². The van der Waals surface area contributed by atoms with E-state index in [0.717, 1.165) is 53.5 Å². The van der Waals surface area contributed by atoms with Crippen molar-refractivity contribution in [3.05, 3.63) is 76.6 Å². The summed E-state index contributed by atoms with van der Waals surface area (Å²) in [7, 11) is 0. The number of rotatable bonds is 4. The molecule has 0 spiro atoms. The van der Waals surface area contributed by atoms with E-state index in [1.807, 2.05) is 46.9 Å². The van der Waals surface area contributed by atoms with Crippen LogP contribution in [0.4, 0.5) is 0 Å². The van der Waals surface area contributed by atoms with Crippen molar-refractivity contribution in [2.75, 3.05) is 33.0 Å². The molecule has 3 aromatic rings. The third-order valence-corrected chi connectivity index (χ3v) is 6.55. The number of ether oxygens (including phenoxy) is 2. The van der Waals surface area contributed by atoms with Crippen LogP contribution in [0.1, 0.15) is 32.7 Å². The second-order valence-electron chi connectivity index (χ2n) is 8.53. The third kappa shape index (κ3) is 3.94. The van der Waals surface area contributed by atoms with E-state index in [9.17, 15) is 10.1 Å². The fourth-order valence-corrected chi connectivity index (χ4v) is 4.49. The van der Waals surface area contributed by atoms with Crippen LogP contribution in [0.3, 0.4) is 0 Å². The minimum atomic E-state index is -0.0971. The fourth-order valence-electron chi connectivity index (χ4n) is 4.49. The Morgan fingerprint density at radius 3 is 2.61 bits per heavy atom. The van der Waals surface area contributed by atoms with Gasteiger partial charge in [-0.3, -0.25) is 9.69 Å². The Bertz CT molecular complexity index is 1250. The number of nitrogens with zero attached hydrogens (tertiary/aromatic N) is 4. The van der Waals surface area contributed by atoms with Gasteiger partial charge >= 0.3 is 0 Å². The fraction of sp³-hybridized carbons (Fsp3) is 0.308. The van der Waals surface area contributed by atoms with Gasteiger partial charge in [0.05, 0.1) is 5.56 Å². The van der Waals surface area contributed by atoms with Crippen LogP contribution in [-0.4, -0.2) is 53.2 Å². The second kappa shape index (κ2) is 8.64. The van der Waals surface area contributed by atoms with E-state index in [1.54, 1.807) is 6.07 Å². The van der Waals surface area contributed by atoms with Gasteiger partial charge in [0.15, 0.2) is 11.5 Å². The van der Waals surface area contributed by atoms with E-state index in [-0.39, 0.29) is 12.7 Å². The number of carbonyl (C=O) groups excluding carboxylic acids is 1. The number of aryl methyl sites for hydroxylation is 1. The van der Waals surface area contributed by atoms with Gasteiger partial charge < -0.3 is 18.9 Å². The van der Waals surface area contributed by atoms with Crippen LogP contribution in [0.5, 0.6) is 11.5 Å². The largest absolute Gasteiger partial charge is 0.454 e. The summed E-state index contributed by atoms with van der Waals surface area (Å²) in [4.78, 5) is 17.7. The predicted octanol–water partition coefficient (Wildman–Crippen LogP) is 3.65. The van der Waals surface area contributed by atoms with Crippen molar-refractivity contribution >= 4 is 5.91 Å². The Labute approximate surface area is 193 Å². The monoisotopic (exact) mass is 442 g/mol. The average Bonchev–Trinajstić information content (AvgIpc) is 3.47. The standard InChI is InChI=1S/C26H26N4O3/c1-18-4-3-5-22(19(18)2)30-9-8-21(15-27)25(30)26(31)29-12-10-28(11-13-29)16-20-6-7-23-24(14-20)33-17-32-23/h3-9,14H,10-13,16-17H2,1-2H3. The maximum atomic E-state index is 13.5. The maximum absolute atomic E-state index is 13.5. The number of benzene rings is 2. The summed E-state index contributed by atoms with van der Waals surface area (Å²) in [5.41, 5.74) is 5.19. The van der Waals surface area contributed by atoms with E-state index in [2.05, 4.69) is 30.0 Å². The van der Waals surface area contributed by atoms with Crippen LogP contribution in [0.2, 0.25) is 0 Å². The van der Waals surface area contributed by atoms with Gasteiger partial charge in [0.2, 0.25) is 6.79 Å². The number of nitriles is 1. The summed E-state index contributed by atoms with van der Waals surface area (Å²) in [6.45, 7) is 7.93. The number of amides is 1. The van der Waals surface area contributed by atoms with E-state index in [0.29, 0.717) is 24.3 Å². The van der Waals surface area contributed by atoms with Gasteiger partial charge in [0.25, 0.3) is 5.91 Å². The van der Waals surface area contributed by atoms with Crippen LogP contribution in [0, 0.1) is 25.2 Å². The van der Waals surface area contributed by atoms with Gasteiger partial charge in [0, 0.05) is 44.6 Å². The lowest BCUT2D eigenvalue weighted by Crippen LogP contribution is -2.48. The summed E-state index contributed by atoms with van der Waals surface area (Å²) in [5, 5.41) is 9.66. The number of hydrogen-bond acceptors (Lipinski definition) is 5. The lowest BCUT2D eigenvalue weighted by molar-refractivity contribution is 0.0620. The van der Waals surface area contributed by atoms with Gasteiger partial charge in [0.1, 0.15) is 11.8 Å². The average molecular weight is 443 g/mol. The molecule has 0 N–H and O–H groups in total. The molecule has 0 radical (unpaired) electrons. The van der Waals surface area contributed by atoms with Gasteiger partial charge in [-0.25, -0.2) is 0 Å². The van der Waals surface area contributed by atoms with Crippen molar-refractivity contribution in [1.82, 2.24) is 14.4 Å². The molecule has 5 rings (SSSR count). The number of aromatic nitrogens is 1. The van der Waals surface area contributed by atoms with Crippen molar-refractivity contribution in [3.8, 4) is 23.3 Å². The van der Waals surface area contributed by atoms with Crippen molar-refractivity contribution in [1.29, 1.82) is 5.26 Å². The summed E-state index contributed by atoms with van der Waals surface area (Å²) in [6.07, 6.45) is 1.82. The van der Waals surface area contributed by atoms with Gasteiger partial charge in [-0.2, -0.15) is 5.26 Å². The van der Waals surface area contributed by atoms with E-state index < -0.39 is 0 Å². The highest BCUT2D eigenvalue weighted by Crippen LogP contribution is 2.33. The van der Waals surface area contributed by atoms with Crippen molar-refractivity contribution in [3.63, 3.8) is 0 Å². The molecule has 0 saturated carbocycles. The van der Waals surface area contributed by atoms with Crippen LogP contribution in [0.15, 0.2) is 48.7 Å². The summed E-state index contributed by atoms with van der Waals surface area (Å²) in [5.74, 6) is 1.48. The molecule has 0 aliphatic carbocycles. The summed E-state index contributed by atoms with van der Waals surface area (Å²) in [6, 6.07) is 16.0. The Hall–Kier alpha value is -3.76. The Morgan fingerprint density at radius 1 is 1.03 bits per heavy atom. The van der Waals surface area contributed by atoms with Crippen molar-refractivity contribution in [2.45, 2.75) is 20.4 Å². The molecule has 0 unspecified atom stereocenters. The molecule has 1 fully saturated rings. The maximum Gasteiger partial charge on any atom is 0.272 e. The molecule has 3 heterocycles. The zero-order valence-corrected chi connectivity index (χ0v) is 18.9. The molecular formula is C26H26N4O3. The highest BCUT2D eigenvalue weighted by Gasteiger charge is 2.27. The molecule has 7 heteroatoms. The molecule has 33 heavy (non-hydrogen) atoms. The zero-order chi connectivity index (χ0) is 22.9. The highest BCUT2D eigenvalue weighted by atomic mass is 16.7. The normalized spacial score (nSPS) is 15.5. The minimum Gasteiger partial charge on any atom is -0.454 e. The molecule has 2 aromatic carbocycles. The van der Waals surface area contributed by atoms with Gasteiger partial charge in [-0.05, 0) is 54.8 Å². The zero-order valence-electron chi connectivity index (χ0n) is 18.9. The molecule has 168 valence electrons. The van der Waals surface area contributed by atoms with Gasteiger partial charge in [-0.1, -0.05) is 18.2 Å².